The number of anilines is 1. The molecule has 1 saturated heterocycles. The first kappa shape index (κ1) is 21.4. The molecule has 0 aliphatic carbocycles. The number of imidazole rings is 1. The summed E-state index contributed by atoms with van der Waals surface area (Å²) in [6.45, 7) is 2.85. The van der Waals surface area contributed by atoms with Gasteiger partial charge in [-0.05, 0) is 35.8 Å². The van der Waals surface area contributed by atoms with E-state index < -0.39 is 0 Å². The van der Waals surface area contributed by atoms with Crippen molar-refractivity contribution in [3.8, 4) is 0 Å². The summed E-state index contributed by atoms with van der Waals surface area (Å²) >= 11 is 1.82. The smallest absolute Gasteiger partial charge is 0.277 e. The van der Waals surface area contributed by atoms with Crippen molar-refractivity contribution in [2.75, 3.05) is 23.7 Å². The molecule has 0 radical (unpaired) electrons. The lowest BCUT2D eigenvalue weighted by Crippen LogP contribution is -2.44. The second-order valence-corrected chi connectivity index (χ2v) is 10.2. The van der Waals surface area contributed by atoms with Gasteiger partial charge in [-0.3, -0.25) is 9.78 Å². The molecular formula is C26H28N6OS. The largest absolute Gasteiger partial charge is 0.341 e. The predicted octanol–water partition coefficient (Wildman–Crippen LogP) is 3.60. The zero-order valence-corrected chi connectivity index (χ0v) is 19.8. The Balaban J connectivity index is 1.45. The Labute approximate surface area is 202 Å². The summed E-state index contributed by atoms with van der Waals surface area (Å²) in [5.41, 5.74) is 8.57. The van der Waals surface area contributed by atoms with Gasteiger partial charge in [0.05, 0.1) is 17.8 Å². The van der Waals surface area contributed by atoms with Crippen molar-refractivity contribution in [3.63, 3.8) is 0 Å². The van der Waals surface area contributed by atoms with Gasteiger partial charge in [-0.25, -0.2) is 4.98 Å². The maximum absolute atomic E-state index is 13.8. The molecule has 0 saturated carbocycles. The van der Waals surface area contributed by atoms with Gasteiger partial charge in [-0.2, -0.15) is 0 Å². The second kappa shape index (κ2) is 8.92. The lowest BCUT2D eigenvalue weighted by atomic mass is 10.1. The summed E-state index contributed by atoms with van der Waals surface area (Å²) in [5.74, 6) is 2.28. The molecule has 34 heavy (non-hydrogen) atoms. The maximum atomic E-state index is 13.8. The highest BCUT2D eigenvalue weighted by Gasteiger charge is 2.26. The molecule has 174 valence electrons. The van der Waals surface area contributed by atoms with Gasteiger partial charge in [0.2, 0.25) is 5.95 Å². The Morgan fingerprint density at radius 1 is 1.18 bits per heavy atom. The van der Waals surface area contributed by atoms with Crippen LogP contribution < -0.4 is 16.2 Å². The van der Waals surface area contributed by atoms with Crippen molar-refractivity contribution < 1.29 is 0 Å². The van der Waals surface area contributed by atoms with Crippen LogP contribution >= 0.6 is 11.8 Å². The first-order chi connectivity index (χ1) is 16.7. The van der Waals surface area contributed by atoms with Crippen molar-refractivity contribution in [3.05, 3.63) is 76.3 Å². The molecule has 2 aliphatic rings. The van der Waals surface area contributed by atoms with Crippen molar-refractivity contribution in [1.82, 2.24) is 19.1 Å². The number of nitrogens with zero attached hydrogens (tertiary/aromatic N) is 5. The fourth-order valence-corrected chi connectivity index (χ4v) is 6.02. The van der Waals surface area contributed by atoms with Crippen molar-refractivity contribution >= 4 is 39.5 Å². The summed E-state index contributed by atoms with van der Waals surface area (Å²) < 4.78 is 3.91. The topological polar surface area (TPSA) is 82.0 Å². The molecule has 0 amide bonds. The number of allylic oxidation sites excluding steroid dienone is 1. The summed E-state index contributed by atoms with van der Waals surface area (Å²) in [5, 5.41) is 4.35. The highest BCUT2D eigenvalue weighted by Crippen LogP contribution is 2.28. The molecule has 8 heteroatoms. The number of hydrogen-bond acceptors (Lipinski definition) is 6. The monoisotopic (exact) mass is 472 g/mol. The van der Waals surface area contributed by atoms with Gasteiger partial charge in [0, 0.05) is 55.1 Å². The molecule has 6 rings (SSSR count). The van der Waals surface area contributed by atoms with Crippen LogP contribution in [-0.2, 0) is 13.1 Å². The molecule has 2 N–H and O–H groups in total. The number of hydrogen-bond donors (Lipinski definition) is 1. The van der Waals surface area contributed by atoms with E-state index in [1.165, 1.54) is 0 Å². The zero-order chi connectivity index (χ0) is 23.1. The number of rotatable bonds is 5. The zero-order valence-electron chi connectivity index (χ0n) is 19.0. The van der Waals surface area contributed by atoms with E-state index in [2.05, 4.69) is 38.1 Å². The Morgan fingerprint density at radius 2 is 2.09 bits per heavy atom. The number of fused-ring (bicyclic) bond motifs is 2. The van der Waals surface area contributed by atoms with E-state index in [9.17, 15) is 4.79 Å². The second-order valence-electron chi connectivity index (χ2n) is 9.25. The minimum atomic E-state index is -0.0260. The van der Waals surface area contributed by atoms with E-state index in [-0.39, 0.29) is 11.6 Å². The van der Waals surface area contributed by atoms with Crippen molar-refractivity contribution in [2.45, 2.75) is 32.0 Å². The average Bonchev–Trinajstić information content (AvgIpc) is 3.50. The van der Waals surface area contributed by atoms with E-state index in [0.29, 0.717) is 18.0 Å². The summed E-state index contributed by atoms with van der Waals surface area (Å²) in [7, 11) is 0. The van der Waals surface area contributed by atoms with Gasteiger partial charge in [-0.1, -0.05) is 30.3 Å². The molecule has 2 atom stereocenters. The van der Waals surface area contributed by atoms with Gasteiger partial charge in [0.25, 0.3) is 5.56 Å². The van der Waals surface area contributed by atoms with E-state index in [4.69, 9.17) is 10.7 Å². The van der Waals surface area contributed by atoms with Crippen LogP contribution in [0.2, 0.25) is 0 Å². The molecule has 0 spiro atoms. The first-order valence-electron chi connectivity index (χ1n) is 11.9. The molecule has 2 aliphatic heterocycles. The van der Waals surface area contributed by atoms with Crippen LogP contribution in [0.1, 0.15) is 18.5 Å². The van der Waals surface area contributed by atoms with Crippen LogP contribution in [0.3, 0.4) is 0 Å². The third kappa shape index (κ3) is 3.91. The normalized spacial score (nSPS) is 20.6. The molecule has 3 aromatic heterocycles. The number of piperidine rings is 1. The summed E-state index contributed by atoms with van der Waals surface area (Å²) in [6.07, 6.45) is 7.98. The highest BCUT2D eigenvalue weighted by atomic mass is 32.2. The lowest BCUT2D eigenvalue weighted by molar-refractivity contribution is 0.487. The third-order valence-corrected chi connectivity index (χ3v) is 7.81. The van der Waals surface area contributed by atoms with Gasteiger partial charge < -0.3 is 19.8 Å². The van der Waals surface area contributed by atoms with Crippen molar-refractivity contribution in [2.24, 2.45) is 11.7 Å². The van der Waals surface area contributed by atoms with E-state index >= 15 is 0 Å². The van der Waals surface area contributed by atoms with Crippen LogP contribution in [-0.4, -0.2) is 44.0 Å². The molecule has 0 bridgehead atoms. The summed E-state index contributed by atoms with van der Waals surface area (Å²) in [6, 6.07) is 12.3. The number of benzene rings is 1. The minimum Gasteiger partial charge on any atom is -0.341 e. The number of thioether (sulfide) groups is 1. The van der Waals surface area contributed by atoms with Crippen LogP contribution in [0.25, 0.3) is 21.8 Å². The summed E-state index contributed by atoms with van der Waals surface area (Å²) in [4.78, 5) is 25.6. The van der Waals surface area contributed by atoms with Crippen molar-refractivity contribution in [1.29, 1.82) is 0 Å². The van der Waals surface area contributed by atoms with Crippen LogP contribution in [0, 0.1) is 5.92 Å². The molecule has 2 unspecified atom stereocenters. The Kier molecular flexibility index (Phi) is 5.63. The minimum absolute atomic E-state index is 0.0260. The van der Waals surface area contributed by atoms with Gasteiger partial charge in [-0.15, -0.1) is 11.8 Å². The Hall–Kier alpha value is -3.10. The third-order valence-electron chi connectivity index (χ3n) is 6.84. The Bertz CT molecular complexity index is 1440. The number of aromatic nitrogens is 4. The molecule has 5 heterocycles. The average molecular weight is 473 g/mol. The van der Waals surface area contributed by atoms with Crippen LogP contribution in [0.4, 0.5) is 5.95 Å². The maximum Gasteiger partial charge on any atom is 0.277 e. The first-order valence-corrected chi connectivity index (χ1v) is 12.9. The Morgan fingerprint density at radius 3 is 2.94 bits per heavy atom. The number of nitrogens with two attached hydrogens (primary N) is 1. The standard InChI is InChI=1S/C26H28N6OS/c27-20-5-3-11-31(15-20)26-29-22-8-12-30(16-23-21-6-2-1-4-19(21)7-10-28-23)25(33)24(22)32(26)14-18-9-13-34-17-18/h1-2,4,6-10,12-13,18,20H,3,5,11,14-17,27H2. The predicted molar refractivity (Wildman–Crippen MR) is 139 cm³/mol. The fourth-order valence-electron chi connectivity index (χ4n) is 5.11. The molecule has 1 aromatic carbocycles. The molecule has 1 fully saturated rings. The van der Waals surface area contributed by atoms with Gasteiger partial charge in [0.1, 0.15) is 5.52 Å². The van der Waals surface area contributed by atoms with Crippen LogP contribution in [0.5, 0.6) is 0 Å². The fraction of sp³-hybridized carbons (Fsp3) is 0.346. The molecular weight excluding hydrogens is 444 g/mol. The van der Waals surface area contributed by atoms with Crippen LogP contribution in [0.15, 0.2) is 65.1 Å². The van der Waals surface area contributed by atoms with Gasteiger partial charge >= 0.3 is 0 Å². The van der Waals surface area contributed by atoms with E-state index in [1.54, 1.807) is 4.57 Å². The van der Waals surface area contributed by atoms with Gasteiger partial charge in [0.15, 0.2) is 0 Å². The molecule has 7 nitrogen and oxygen atoms in total. The SMILES string of the molecule is NC1CCCN(c2nc3ccn(Cc4nccc5ccccc45)c(=O)c3n2CC2C=CSC2)C1. The van der Waals surface area contributed by atoms with E-state index in [0.717, 1.165) is 66.2 Å². The number of pyridine rings is 2. The molecule has 4 aromatic rings. The quantitative estimate of drug-likeness (QED) is 0.478. The van der Waals surface area contributed by atoms with E-state index in [1.807, 2.05) is 48.4 Å². The lowest BCUT2D eigenvalue weighted by Gasteiger charge is -2.32. The highest BCUT2D eigenvalue weighted by molar-refractivity contribution is 8.02.